The SMILES string of the molecule is CCN(CC)c1ccc2c(c1)Oc1ccc(N(c3ccccc3)c3cccc(C(F)(F)F)c3)cc1C2c1ccccc1C(=O)N(C)c1ccccc1. The first kappa shape index (κ1) is 34.4. The quantitative estimate of drug-likeness (QED) is 0.150. The average Bonchev–Trinajstić information content (AvgIpc) is 3.17. The first-order valence-corrected chi connectivity index (χ1v) is 17.3. The number of hydrogen-bond donors (Lipinski definition) is 0. The number of carbonyl (C=O) groups is 1. The van der Waals surface area contributed by atoms with E-state index in [9.17, 15) is 18.0 Å². The molecule has 0 radical (unpaired) electrons. The minimum Gasteiger partial charge on any atom is -0.457 e. The van der Waals surface area contributed by atoms with Gasteiger partial charge in [0.25, 0.3) is 5.91 Å². The van der Waals surface area contributed by atoms with Crippen molar-refractivity contribution < 1.29 is 22.7 Å². The van der Waals surface area contributed by atoms with Gasteiger partial charge in [0.2, 0.25) is 0 Å². The summed E-state index contributed by atoms with van der Waals surface area (Å²) in [6, 6.07) is 43.7. The number of benzene rings is 6. The first-order valence-electron chi connectivity index (χ1n) is 17.3. The molecule has 0 spiro atoms. The number of alkyl halides is 3. The number of ether oxygens (including phenoxy) is 1. The lowest BCUT2D eigenvalue weighted by Gasteiger charge is -2.33. The molecule has 1 unspecified atom stereocenters. The zero-order chi connectivity index (χ0) is 36.4. The molecule has 0 saturated carbocycles. The van der Waals surface area contributed by atoms with E-state index in [1.54, 1.807) is 18.0 Å². The predicted octanol–water partition coefficient (Wildman–Crippen LogP) is 11.6. The Labute approximate surface area is 302 Å². The van der Waals surface area contributed by atoms with Crippen LogP contribution in [0.1, 0.15) is 52.4 Å². The molecular formula is C44H38F3N3O2. The van der Waals surface area contributed by atoms with E-state index in [-0.39, 0.29) is 5.91 Å². The van der Waals surface area contributed by atoms with E-state index in [0.29, 0.717) is 34.1 Å². The van der Waals surface area contributed by atoms with Crippen LogP contribution in [0, 0.1) is 0 Å². The van der Waals surface area contributed by atoms with Crippen LogP contribution in [-0.4, -0.2) is 26.0 Å². The molecular weight excluding hydrogens is 659 g/mol. The summed E-state index contributed by atoms with van der Waals surface area (Å²) in [6.45, 7) is 5.87. The fourth-order valence-electron chi connectivity index (χ4n) is 6.99. The zero-order valence-corrected chi connectivity index (χ0v) is 29.1. The van der Waals surface area contributed by atoms with Crippen molar-refractivity contribution in [3.8, 4) is 11.5 Å². The molecule has 7 rings (SSSR count). The van der Waals surface area contributed by atoms with Crippen LogP contribution in [0.15, 0.2) is 146 Å². The lowest BCUT2D eigenvalue weighted by molar-refractivity contribution is -0.137. The second-order valence-electron chi connectivity index (χ2n) is 12.7. The summed E-state index contributed by atoms with van der Waals surface area (Å²) in [6.07, 6.45) is -4.51. The molecule has 0 N–H and O–H groups in total. The van der Waals surface area contributed by atoms with Gasteiger partial charge in [-0.25, -0.2) is 0 Å². The van der Waals surface area contributed by atoms with Crippen molar-refractivity contribution in [2.24, 2.45) is 0 Å². The van der Waals surface area contributed by atoms with Crippen LogP contribution in [0.5, 0.6) is 11.5 Å². The highest BCUT2D eigenvalue weighted by atomic mass is 19.4. The summed E-state index contributed by atoms with van der Waals surface area (Å²) >= 11 is 0. The normalized spacial score (nSPS) is 13.4. The van der Waals surface area contributed by atoms with Crippen molar-refractivity contribution in [3.63, 3.8) is 0 Å². The number of hydrogen-bond acceptors (Lipinski definition) is 4. The maximum Gasteiger partial charge on any atom is 0.416 e. The van der Waals surface area contributed by atoms with Gasteiger partial charge in [0.1, 0.15) is 11.5 Å². The molecule has 0 saturated heterocycles. The van der Waals surface area contributed by atoms with Crippen LogP contribution in [-0.2, 0) is 6.18 Å². The molecule has 1 atom stereocenters. The van der Waals surface area contributed by atoms with Crippen LogP contribution in [0.2, 0.25) is 0 Å². The summed E-state index contributed by atoms with van der Waals surface area (Å²) in [7, 11) is 1.77. The highest BCUT2D eigenvalue weighted by Gasteiger charge is 2.34. The third-order valence-corrected chi connectivity index (χ3v) is 9.62. The Morgan fingerprint density at radius 2 is 1.21 bits per heavy atom. The maximum absolute atomic E-state index is 14.3. The Hall–Kier alpha value is -6.02. The second-order valence-corrected chi connectivity index (χ2v) is 12.7. The minimum absolute atomic E-state index is 0.165. The standard InChI is InChI=1S/C44H38F3N3O2/c1-4-49(5-2)33-23-25-38-41(29-33)52-40-26-24-35(50(32-18-10-7-11-19-32)34-20-14-15-30(27-34)44(45,46)47)28-39(40)42(38)36-21-12-13-22-37(36)43(51)48(3)31-16-8-6-9-17-31/h6-29,42H,4-5H2,1-3H3. The van der Waals surface area contributed by atoms with E-state index in [1.165, 1.54) is 6.07 Å². The molecule has 1 aliphatic rings. The molecule has 1 heterocycles. The number of halogens is 3. The Balaban J connectivity index is 1.42. The van der Waals surface area contributed by atoms with Gasteiger partial charge < -0.3 is 19.4 Å². The third-order valence-electron chi connectivity index (χ3n) is 9.62. The largest absolute Gasteiger partial charge is 0.457 e. The molecule has 5 nitrogen and oxygen atoms in total. The monoisotopic (exact) mass is 697 g/mol. The third kappa shape index (κ3) is 6.60. The van der Waals surface area contributed by atoms with Gasteiger partial charge in [0.15, 0.2) is 0 Å². The average molecular weight is 698 g/mol. The van der Waals surface area contributed by atoms with Crippen LogP contribution in [0.4, 0.5) is 41.6 Å². The second kappa shape index (κ2) is 14.3. The molecule has 0 bridgehead atoms. The smallest absolute Gasteiger partial charge is 0.416 e. The summed E-state index contributed by atoms with van der Waals surface area (Å²) in [5.41, 5.74) is 5.75. The number of fused-ring (bicyclic) bond motifs is 2. The Morgan fingerprint density at radius 3 is 1.90 bits per heavy atom. The van der Waals surface area contributed by atoms with Crippen molar-refractivity contribution in [2.45, 2.75) is 25.9 Å². The van der Waals surface area contributed by atoms with Crippen molar-refractivity contribution in [1.82, 2.24) is 0 Å². The molecule has 6 aromatic carbocycles. The lowest BCUT2D eigenvalue weighted by Crippen LogP contribution is -2.28. The first-order chi connectivity index (χ1) is 25.2. The van der Waals surface area contributed by atoms with E-state index in [2.05, 4.69) is 30.9 Å². The lowest BCUT2D eigenvalue weighted by atomic mass is 9.80. The topological polar surface area (TPSA) is 36.0 Å². The van der Waals surface area contributed by atoms with E-state index in [1.807, 2.05) is 114 Å². The number of carbonyl (C=O) groups excluding carboxylic acids is 1. The van der Waals surface area contributed by atoms with E-state index >= 15 is 0 Å². The fraction of sp³-hybridized carbons (Fsp3) is 0.159. The van der Waals surface area contributed by atoms with Gasteiger partial charge in [0.05, 0.1) is 5.56 Å². The Kier molecular flexibility index (Phi) is 9.47. The van der Waals surface area contributed by atoms with Crippen molar-refractivity contribution in [2.75, 3.05) is 34.8 Å². The Bertz CT molecular complexity index is 2200. The van der Waals surface area contributed by atoms with Crippen molar-refractivity contribution >= 4 is 34.3 Å². The molecule has 1 amide bonds. The van der Waals surface area contributed by atoms with Gasteiger partial charge in [-0.05, 0) is 92.2 Å². The summed E-state index contributed by atoms with van der Waals surface area (Å²) in [5, 5.41) is 0. The highest BCUT2D eigenvalue weighted by molar-refractivity contribution is 6.07. The van der Waals surface area contributed by atoms with E-state index in [0.717, 1.165) is 53.3 Å². The van der Waals surface area contributed by atoms with E-state index < -0.39 is 17.7 Å². The van der Waals surface area contributed by atoms with Crippen LogP contribution in [0.25, 0.3) is 0 Å². The van der Waals surface area contributed by atoms with Crippen LogP contribution < -0.4 is 19.4 Å². The molecule has 0 aliphatic carbocycles. The van der Waals surface area contributed by atoms with Crippen molar-refractivity contribution in [1.29, 1.82) is 0 Å². The Morgan fingerprint density at radius 1 is 0.596 bits per heavy atom. The summed E-state index contributed by atoms with van der Waals surface area (Å²) in [5.74, 6) is 0.690. The number of amides is 1. The van der Waals surface area contributed by atoms with Crippen molar-refractivity contribution in [3.05, 3.63) is 173 Å². The minimum atomic E-state index is -4.51. The number of rotatable bonds is 9. The molecule has 8 heteroatoms. The van der Waals surface area contributed by atoms with Crippen LogP contribution in [0.3, 0.4) is 0 Å². The van der Waals surface area contributed by atoms with E-state index in [4.69, 9.17) is 4.74 Å². The number of nitrogens with zero attached hydrogens (tertiary/aromatic N) is 3. The van der Waals surface area contributed by atoms with Gasteiger partial charge in [-0.3, -0.25) is 4.79 Å². The molecule has 52 heavy (non-hydrogen) atoms. The van der Waals surface area contributed by atoms with Gasteiger partial charge in [-0.2, -0.15) is 13.2 Å². The fourth-order valence-corrected chi connectivity index (χ4v) is 6.99. The summed E-state index contributed by atoms with van der Waals surface area (Å²) in [4.78, 5) is 20.0. The maximum atomic E-state index is 14.3. The summed E-state index contributed by atoms with van der Waals surface area (Å²) < 4.78 is 48.5. The highest BCUT2D eigenvalue weighted by Crippen LogP contribution is 2.51. The predicted molar refractivity (Wildman–Crippen MR) is 203 cm³/mol. The molecule has 0 fully saturated rings. The van der Waals surface area contributed by atoms with Gasteiger partial charge >= 0.3 is 6.18 Å². The molecule has 1 aliphatic heterocycles. The van der Waals surface area contributed by atoms with Crippen LogP contribution >= 0.6 is 0 Å². The zero-order valence-electron chi connectivity index (χ0n) is 29.1. The number of para-hydroxylation sites is 2. The van der Waals surface area contributed by atoms with Gasteiger partial charge in [-0.15, -0.1) is 0 Å². The number of anilines is 5. The van der Waals surface area contributed by atoms with Gasteiger partial charge in [0, 0.05) is 77.2 Å². The molecule has 262 valence electrons. The molecule has 6 aromatic rings. The molecule has 0 aromatic heterocycles. The van der Waals surface area contributed by atoms with Gasteiger partial charge in [-0.1, -0.05) is 66.7 Å².